The van der Waals surface area contributed by atoms with E-state index in [4.69, 9.17) is 0 Å². The van der Waals surface area contributed by atoms with Gasteiger partial charge < -0.3 is 10.4 Å². The lowest BCUT2D eigenvalue weighted by atomic mass is 9.97. The summed E-state index contributed by atoms with van der Waals surface area (Å²) in [6.45, 7) is 1.21. The summed E-state index contributed by atoms with van der Waals surface area (Å²) in [5.41, 5.74) is 1.95. The lowest BCUT2D eigenvalue weighted by molar-refractivity contribution is 0.199. The smallest absolute Gasteiger partial charge is 0.0950 e. The van der Waals surface area contributed by atoms with E-state index in [2.05, 4.69) is 21.6 Å². The van der Waals surface area contributed by atoms with Gasteiger partial charge in [0.25, 0.3) is 0 Å². The fraction of sp³-hybridized carbons (Fsp3) is 0.467. The molecule has 1 aliphatic carbocycles. The van der Waals surface area contributed by atoms with Crippen molar-refractivity contribution in [3.63, 3.8) is 0 Å². The summed E-state index contributed by atoms with van der Waals surface area (Å²) >= 11 is 0. The normalized spacial score (nSPS) is 22.8. The van der Waals surface area contributed by atoms with Gasteiger partial charge in [-0.3, -0.25) is 0 Å². The summed E-state index contributed by atoms with van der Waals surface area (Å²) in [5.74, 6) is 1.02. The van der Waals surface area contributed by atoms with E-state index in [-0.39, 0.29) is 0 Å². The van der Waals surface area contributed by atoms with Crippen LogP contribution in [0.25, 0.3) is 10.9 Å². The second-order valence-corrected chi connectivity index (χ2v) is 5.29. The van der Waals surface area contributed by atoms with E-state index in [0.717, 1.165) is 29.6 Å². The second kappa shape index (κ2) is 5.53. The molecule has 1 aliphatic rings. The first-order valence-corrected chi connectivity index (χ1v) is 6.93. The zero-order valence-corrected chi connectivity index (χ0v) is 10.9. The minimum absolute atomic E-state index is 0.307. The molecule has 0 spiro atoms. The zero-order chi connectivity index (χ0) is 13.1. The predicted molar refractivity (Wildman–Crippen MR) is 75.9 cm³/mol. The topological polar surface area (TPSA) is 58.0 Å². The number of benzene rings is 1. The van der Waals surface area contributed by atoms with Gasteiger partial charge in [-0.15, -0.1) is 0 Å². The predicted octanol–water partition coefficient (Wildman–Crippen LogP) is 2.45. The van der Waals surface area contributed by atoms with Crippen molar-refractivity contribution in [2.45, 2.75) is 19.3 Å². The molecule has 2 unspecified atom stereocenters. The van der Waals surface area contributed by atoms with Crippen LogP contribution < -0.4 is 5.32 Å². The molecule has 4 nitrogen and oxygen atoms in total. The van der Waals surface area contributed by atoms with Crippen molar-refractivity contribution >= 4 is 16.6 Å². The molecule has 4 heteroatoms. The Morgan fingerprint density at radius 1 is 1.21 bits per heavy atom. The Kier molecular flexibility index (Phi) is 3.60. The number of aromatic nitrogens is 2. The summed E-state index contributed by atoms with van der Waals surface area (Å²) in [5, 5.41) is 22.1. The summed E-state index contributed by atoms with van der Waals surface area (Å²) in [6.07, 6.45) is 5.37. The molecule has 2 atom stereocenters. The van der Waals surface area contributed by atoms with Gasteiger partial charge in [0.15, 0.2) is 0 Å². The Labute approximate surface area is 112 Å². The minimum atomic E-state index is 0.307. The number of hydrogen-bond donors (Lipinski definition) is 2. The molecule has 0 radical (unpaired) electrons. The number of anilines is 1. The average Bonchev–Trinajstić information content (AvgIpc) is 2.92. The van der Waals surface area contributed by atoms with Gasteiger partial charge in [0.05, 0.1) is 17.4 Å². The maximum atomic E-state index is 9.36. The summed E-state index contributed by atoms with van der Waals surface area (Å²) in [7, 11) is 0. The lowest BCUT2D eigenvalue weighted by Gasteiger charge is -2.18. The summed E-state index contributed by atoms with van der Waals surface area (Å²) in [4.78, 5) is 0. The maximum absolute atomic E-state index is 9.36. The zero-order valence-electron chi connectivity index (χ0n) is 10.9. The quantitative estimate of drug-likeness (QED) is 0.883. The third kappa shape index (κ3) is 2.54. The van der Waals surface area contributed by atoms with Gasteiger partial charge in [-0.05, 0) is 30.7 Å². The van der Waals surface area contributed by atoms with Crippen LogP contribution in [0.2, 0.25) is 0 Å². The highest BCUT2D eigenvalue weighted by atomic mass is 16.3. The molecular weight excluding hydrogens is 238 g/mol. The monoisotopic (exact) mass is 257 g/mol. The molecule has 1 aromatic carbocycles. The van der Waals surface area contributed by atoms with E-state index < -0.39 is 0 Å². The number of nitrogens with one attached hydrogen (secondary N) is 1. The van der Waals surface area contributed by atoms with E-state index in [1.165, 1.54) is 12.8 Å². The van der Waals surface area contributed by atoms with E-state index in [1.54, 1.807) is 6.20 Å². The number of aliphatic hydroxyl groups excluding tert-OH is 1. The van der Waals surface area contributed by atoms with Crippen LogP contribution in [0.4, 0.5) is 5.69 Å². The van der Waals surface area contributed by atoms with Crippen LogP contribution in [-0.4, -0.2) is 28.5 Å². The molecule has 0 aliphatic heterocycles. The van der Waals surface area contributed by atoms with E-state index in [0.29, 0.717) is 18.4 Å². The molecule has 2 aromatic rings. The van der Waals surface area contributed by atoms with Crippen molar-refractivity contribution < 1.29 is 5.11 Å². The molecule has 1 saturated carbocycles. The lowest BCUT2D eigenvalue weighted by Crippen LogP contribution is -2.21. The highest BCUT2D eigenvalue weighted by molar-refractivity contribution is 5.90. The van der Waals surface area contributed by atoms with E-state index in [1.807, 2.05) is 18.2 Å². The van der Waals surface area contributed by atoms with Gasteiger partial charge in [0, 0.05) is 18.5 Å². The Morgan fingerprint density at radius 3 is 2.95 bits per heavy atom. The highest BCUT2D eigenvalue weighted by Gasteiger charge is 2.26. The number of hydrogen-bond acceptors (Lipinski definition) is 4. The second-order valence-electron chi connectivity index (χ2n) is 5.29. The van der Waals surface area contributed by atoms with Crippen LogP contribution in [0, 0.1) is 11.8 Å². The van der Waals surface area contributed by atoms with Crippen molar-refractivity contribution in [1.29, 1.82) is 0 Å². The van der Waals surface area contributed by atoms with Gasteiger partial charge in [-0.1, -0.05) is 24.6 Å². The van der Waals surface area contributed by atoms with Crippen molar-refractivity contribution in [2.75, 3.05) is 18.5 Å². The number of aliphatic hydroxyl groups is 1. The highest BCUT2D eigenvalue weighted by Crippen LogP contribution is 2.32. The van der Waals surface area contributed by atoms with E-state index in [9.17, 15) is 5.11 Å². The molecule has 1 heterocycles. The van der Waals surface area contributed by atoms with E-state index >= 15 is 0 Å². The molecule has 0 bridgehead atoms. The van der Waals surface area contributed by atoms with Gasteiger partial charge >= 0.3 is 0 Å². The Morgan fingerprint density at radius 2 is 2.05 bits per heavy atom. The SMILES string of the molecule is OCC1CCCC1CNc1cnnc2ccccc12. The molecular formula is C15H19N3O. The van der Waals surface area contributed by atoms with Gasteiger partial charge in [0.1, 0.15) is 0 Å². The maximum Gasteiger partial charge on any atom is 0.0950 e. The molecule has 0 amide bonds. The molecule has 100 valence electrons. The molecule has 2 N–H and O–H groups in total. The molecule has 3 rings (SSSR count). The Bertz CT molecular complexity index is 553. The van der Waals surface area contributed by atoms with Crippen molar-refractivity contribution in [1.82, 2.24) is 10.2 Å². The minimum Gasteiger partial charge on any atom is -0.396 e. The van der Waals surface area contributed by atoms with Crippen molar-refractivity contribution in [3.05, 3.63) is 30.5 Å². The molecule has 1 aromatic heterocycles. The number of fused-ring (bicyclic) bond motifs is 1. The first kappa shape index (κ1) is 12.4. The van der Waals surface area contributed by atoms with Crippen molar-refractivity contribution in [3.8, 4) is 0 Å². The van der Waals surface area contributed by atoms with Gasteiger partial charge in [0.2, 0.25) is 0 Å². The third-order valence-corrected chi connectivity index (χ3v) is 4.15. The number of nitrogens with zero attached hydrogens (tertiary/aromatic N) is 2. The van der Waals surface area contributed by atoms with Crippen LogP contribution in [0.3, 0.4) is 0 Å². The number of rotatable bonds is 4. The van der Waals surface area contributed by atoms with Crippen LogP contribution in [0.5, 0.6) is 0 Å². The van der Waals surface area contributed by atoms with Crippen LogP contribution in [-0.2, 0) is 0 Å². The van der Waals surface area contributed by atoms with Gasteiger partial charge in [-0.2, -0.15) is 10.2 Å². The molecule has 0 saturated heterocycles. The van der Waals surface area contributed by atoms with Crippen LogP contribution in [0.1, 0.15) is 19.3 Å². The largest absolute Gasteiger partial charge is 0.396 e. The fourth-order valence-electron chi connectivity index (χ4n) is 3.01. The Balaban J connectivity index is 1.75. The Hall–Kier alpha value is -1.68. The summed E-state index contributed by atoms with van der Waals surface area (Å²) < 4.78 is 0. The van der Waals surface area contributed by atoms with Crippen LogP contribution in [0.15, 0.2) is 30.5 Å². The van der Waals surface area contributed by atoms with Crippen molar-refractivity contribution in [2.24, 2.45) is 11.8 Å². The van der Waals surface area contributed by atoms with Crippen LogP contribution >= 0.6 is 0 Å². The molecule has 19 heavy (non-hydrogen) atoms. The average molecular weight is 257 g/mol. The van der Waals surface area contributed by atoms with Gasteiger partial charge in [-0.25, -0.2) is 0 Å². The standard InChI is InChI=1S/C15H19N3O/c19-10-12-5-3-4-11(12)8-16-15-9-17-18-14-7-2-1-6-13(14)15/h1-2,6-7,9,11-12,19H,3-5,8,10H2,(H,16,18). The first-order chi connectivity index (χ1) is 9.38. The fourth-order valence-corrected chi connectivity index (χ4v) is 3.01. The molecule has 1 fully saturated rings. The summed E-state index contributed by atoms with van der Waals surface area (Å²) in [6, 6.07) is 8.02. The first-order valence-electron chi connectivity index (χ1n) is 6.93. The third-order valence-electron chi connectivity index (χ3n) is 4.15.